The molecule has 0 unspecified atom stereocenters. The number of sulfonamides is 6. The highest BCUT2D eigenvalue weighted by Gasteiger charge is 2.59. The minimum atomic E-state index is -4.28. The summed E-state index contributed by atoms with van der Waals surface area (Å²) in [5.74, 6) is -4.02. The van der Waals surface area contributed by atoms with Gasteiger partial charge in [0.15, 0.2) is 0 Å². The number of ketones is 3. The van der Waals surface area contributed by atoms with Gasteiger partial charge in [0.25, 0.3) is 0 Å². The Morgan fingerprint density at radius 3 is 0.870 bits per heavy atom. The third kappa shape index (κ3) is 19.9. The number of nitrogens with zero attached hydrogens (tertiary/aromatic N) is 6. The van der Waals surface area contributed by atoms with Crippen molar-refractivity contribution in [1.29, 1.82) is 0 Å². The summed E-state index contributed by atoms with van der Waals surface area (Å²) in [6.07, 6.45) is -0.326. The smallest absolute Gasteiger partial charge is 0.243 e. The molecule has 13 aromatic rings. The Morgan fingerprint density at radius 2 is 0.529 bits per heavy atom. The molecule has 138 heavy (non-hydrogen) atoms. The molecule has 6 fully saturated rings. The Balaban J connectivity index is 0.000000143. The van der Waals surface area contributed by atoms with E-state index < -0.39 is 138 Å². The molecule has 0 aromatic heterocycles. The van der Waals surface area contributed by atoms with Gasteiger partial charge in [-0.25, -0.2) is 54.9 Å². The quantitative estimate of drug-likeness (QED) is 0.0772. The van der Waals surface area contributed by atoms with Gasteiger partial charge >= 0.3 is 0 Å². The zero-order valence-corrected chi connectivity index (χ0v) is 83.8. The van der Waals surface area contributed by atoms with Gasteiger partial charge in [-0.2, -0.15) is 25.8 Å². The van der Waals surface area contributed by atoms with Crippen molar-refractivity contribution in [2.45, 2.75) is 164 Å². The number of hydrogen-bond donors (Lipinski definition) is 0. The Labute approximate surface area is 826 Å². The fraction of sp³-hybridized carbons (Fsp3) is 0.255. The van der Waals surface area contributed by atoms with Crippen LogP contribution in [0.2, 0.25) is 20.1 Å². The first-order valence-electron chi connectivity index (χ1n) is 45.1. The molecule has 0 saturated carbocycles. The van der Waals surface area contributed by atoms with E-state index in [4.69, 9.17) is 46.4 Å². The van der Waals surface area contributed by atoms with E-state index in [1.54, 1.807) is 91.0 Å². The minimum absolute atomic E-state index is 0.0116. The van der Waals surface area contributed by atoms with Crippen molar-refractivity contribution in [2.75, 3.05) is 19.6 Å². The molecule has 714 valence electrons. The van der Waals surface area contributed by atoms with Gasteiger partial charge in [0.1, 0.15) is 23.2 Å². The van der Waals surface area contributed by atoms with Crippen LogP contribution in [0.4, 0.5) is 4.39 Å². The van der Waals surface area contributed by atoms with Crippen LogP contribution in [0.15, 0.2) is 339 Å². The van der Waals surface area contributed by atoms with Crippen molar-refractivity contribution in [3.8, 4) is 0 Å². The molecule has 0 radical (unpaired) electrons. The molecule has 21 nitrogen and oxygen atoms in total. The third-order valence-electron chi connectivity index (χ3n) is 27.4. The highest BCUT2D eigenvalue weighted by atomic mass is 35.5. The molecule has 0 spiro atoms. The predicted molar refractivity (Wildman–Crippen MR) is 533 cm³/mol. The maximum atomic E-state index is 15.3. The highest BCUT2D eigenvalue weighted by Crippen LogP contribution is 2.54. The van der Waals surface area contributed by atoms with E-state index in [0.717, 1.165) is 55.3 Å². The fourth-order valence-corrected chi connectivity index (χ4v) is 31.3. The van der Waals surface area contributed by atoms with E-state index in [2.05, 4.69) is 0 Å². The minimum Gasteiger partial charge on any atom is -0.299 e. The molecule has 6 heterocycles. The lowest BCUT2D eigenvalue weighted by Gasteiger charge is -2.51. The van der Waals surface area contributed by atoms with Gasteiger partial charge in [0, 0.05) is 100 Å². The van der Waals surface area contributed by atoms with Gasteiger partial charge < -0.3 is 0 Å². The zero-order chi connectivity index (χ0) is 98.0. The van der Waals surface area contributed by atoms with Crippen molar-refractivity contribution in [1.82, 2.24) is 25.8 Å². The Hall–Kier alpha value is -10.3. The maximum absolute atomic E-state index is 15.3. The number of fused-ring (bicyclic) bond motifs is 4. The van der Waals surface area contributed by atoms with Crippen molar-refractivity contribution in [2.24, 2.45) is 17.8 Å². The molecule has 0 aliphatic carbocycles. The van der Waals surface area contributed by atoms with E-state index in [1.807, 2.05) is 157 Å². The molecule has 0 amide bonds. The lowest BCUT2D eigenvalue weighted by Crippen LogP contribution is -2.61. The van der Waals surface area contributed by atoms with E-state index in [1.165, 1.54) is 129 Å². The Bertz CT molecular complexity index is 7540. The van der Waals surface area contributed by atoms with Gasteiger partial charge in [-0.1, -0.05) is 262 Å². The second kappa shape index (κ2) is 40.0. The van der Waals surface area contributed by atoms with Crippen LogP contribution in [0.5, 0.6) is 0 Å². The molecule has 6 aliphatic heterocycles. The molecule has 6 saturated heterocycles. The average Bonchev–Trinajstić information content (AvgIpc) is 0.738. The van der Waals surface area contributed by atoms with E-state index >= 15 is 4.39 Å². The molecule has 13 aromatic carbocycles. The predicted octanol–water partition coefficient (Wildman–Crippen LogP) is 21.4. The lowest BCUT2D eigenvalue weighted by molar-refractivity contribution is -0.133. The lowest BCUT2D eigenvalue weighted by atomic mass is 9.77. The van der Waals surface area contributed by atoms with Crippen molar-refractivity contribution >= 4 is 135 Å². The SMILES string of the molecule is Cc1ccc([C@@H]2C[C@H]3[C@@H](CN2S(=O)(=O)c2ccc(Cl)cc2)C(=O)C[C@@H](c2cccc(Cl)c2)N3S(=O)(=O)c2ccc(C)cc2)cc1.Cc1ccc([C@@H]2C[C@H]3[C@@H](CN2S(=O)(=O)c2ccc(Cl)cc2)C(=O)C[C@@H](c2cccc4ccccc24)N3S(=O)(=O)c2ccc(C)cc2)cc1.Cc1ccc([C@@H]2C[C@H]3[C@@H](CN2S(=O)(=O)c2ccc(Cl)cc2)C(=O)C[C@@H](c2ccccc2F)N3S(=O)(=O)c2ccc(C)cc2)cc1. The zero-order valence-electron chi connectivity index (χ0n) is 75.9. The van der Waals surface area contributed by atoms with Gasteiger partial charge in [-0.3, -0.25) is 14.4 Å². The summed E-state index contributed by atoms with van der Waals surface area (Å²) < 4.78 is 197. The average molecular weight is 2050 g/mol. The number of carbonyl (C=O) groups excluding carboxylic acids is 3. The molecule has 32 heteroatoms. The normalized spacial score (nSPS) is 22.8. The number of benzene rings is 13. The van der Waals surface area contributed by atoms with Crippen LogP contribution in [0, 0.1) is 65.1 Å². The topological polar surface area (TPSA) is 275 Å². The first-order chi connectivity index (χ1) is 65.7. The molecule has 12 atom stereocenters. The summed E-state index contributed by atoms with van der Waals surface area (Å²) in [7, 11) is -25.0. The fourth-order valence-electron chi connectivity index (χ4n) is 20.2. The van der Waals surface area contributed by atoms with Gasteiger partial charge in [0.05, 0.1) is 65.6 Å². The number of Topliss-reactive ketones (excluding diaryl/α,β-unsaturated/α-hetero) is 3. The Morgan fingerprint density at radius 1 is 0.261 bits per heavy atom. The summed E-state index contributed by atoms with van der Waals surface area (Å²) in [5, 5.41) is 3.42. The van der Waals surface area contributed by atoms with Crippen molar-refractivity contribution in [3.05, 3.63) is 402 Å². The first kappa shape index (κ1) is 99.3. The Kier molecular flexibility index (Phi) is 28.8. The highest BCUT2D eigenvalue weighted by molar-refractivity contribution is 7.90. The van der Waals surface area contributed by atoms with E-state index in [-0.39, 0.29) is 110 Å². The van der Waals surface area contributed by atoms with E-state index in [9.17, 15) is 64.9 Å². The number of piperidine rings is 6. The third-order valence-corrected chi connectivity index (χ3v) is 39.9. The molecule has 19 rings (SSSR count). The second-order valence-electron chi connectivity index (χ2n) is 36.2. The van der Waals surface area contributed by atoms with Crippen LogP contribution in [0.1, 0.15) is 142 Å². The van der Waals surface area contributed by atoms with E-state index in [0.29, 0.717) is 36.8 Å². The van der Waals surface area contributed by atoms with Gasteiger partial charge in [-0.15, -0.1) is 0 Å². The van der Waals surface area contributed by atoms with Crippen molar-refractivity contribution in [3.63, 3.8) is 0 Å². The van der Waals surface area contributed by atoms with Crippen LogP contribution in [0.25, 0.3) is 10.8 Å². The van der Waals surface area contributed by atoms with Crippen molar-refractivity contribution < 1.29 is 69.3 Å². The number of halogens is 5. The number of rotatable bonds is 18. The molecule has 0 bridgehead atoms. The summed E-state index contributed by atoms with van der Waals surface area (Å²) in [6, 6.07) is 78.7. The standard InChI is InChI=1S/C38H35ClN2O5S2.C34H32Cl2N2O5S2.C34H32ClFN2O5S2/c1-25-10-14-28(15-11-25)35-22-36-34(24-40(35)47(43,44)30-20-16-29(39)17-21-30)38(42)23-37(33-9-5-7-27-6-3-4-8-32(27)33)41(36)48(45,46)31-18-12-26(2)13-19-31;1-22-6-10-24(11-7-22)31-19-33-30(21-37(31)44(40,41)28-16-12-26(35)13-17-28)34(39)20-32(25-4-3-5-27(36)18-25)38(33)45(42,43)29-14-8-23(2)9-15-29;1-22-7-11-24(12-8-22)31-19-32-29(21-37(31)44(40,41)26-17-13-25(35)14-18-26)34(39)20-33(28-5-3-4-6-30(28)36)38(32)45(42,43)27-15-9-23(2)10-16-27/h3-21,34-37H,22-24H2,1-2H3;3-18,30-33H,19-21H2,1-2H3;3-18,29,31-33H,19-21H2,1-2H3/t34-,35+,36+,37+;30-,31+,32+,33+;29-,31+,32+,33+/m111/s1. The van der Waals surface area contributed by atoms with Crippen LogP contribution in [0.3, 0.4) is 0 Å². The van der Waals surface area contributed by atoms with Crippen LogP contribution >= 0.6 is 46.4 Å². The number of aryl methyl sites for hydroxylation is 6. The molecule has 0 N–H and O–H groups in total. The summed E-state index contributed by atoms with van der Waals surface area (Å²) in [5.41, 5.74) is 9.22. The van der Waals surface area contributed by atoms with Crippen LogP contribution in [-0.2, 0) is 74.5 Å². The van der Waals surface area contributed by atoms with Gasteiger partial charge in [-0.05, 0) is 227 Å². The molecule has 6 aliphatic rings. The molecular formula is C106H99Cl4FN6O15S6. The largest absolute Gasteiger partial charge is 0.299 e. The maximum Gasteiger partial charge on any atom is 0.243 e. The summed E-state index contributed by atoms with van der Waals surface area (Å²) in [6.45, 7) is 10.9. The van der Waals surface area contributed by atoms with Crippen LogP contribution < -0.4 is 0 Å². The summed E-state index contributed by atoms with van der Waals surface area (Å²) in [4.78, 5) is 42.6. The molecular weight excluding hydrogens is 1950 g/mol. The van der Waals surface area contributed by atoms with Crippen LogP contribution in [-0.4, -0.2) is 131 Å². The number of carbonyl (C=O) groups is 3. The second-order valence-corrected chi connectivity index (χ2v) is 49.2. The summed E-state index contributed by atoms with van der Waals surface area (Å²) >= 11 is 24.6. The number of hydrogen-bond acceptors (Lipinski definition) is 15. The van der Waals surface area contributed by atoms with Gasteiger partial charge in [0.2, 0.25) is 60.1 Å². The first-order valence-corrected chi connectivity index (χ1v) is 55.2. The monoisotopic (exact) mass is 2050 g/mol.